The molecule has 10 heteroatoms. The van der Waals surface area contributed by atoms with Crippen LogP contribution < -0.4 is 15.4 Å². The molecule has 38 heavy (non-hydrogen) atoms. The number of ether oxygens (including phenoxy) is 1. The van der Waals surface area contributed by atoms with Crippen molar-refractivity contribution in [2.24, 2.45) is 0 Å². The molecule has 0 saturated carbocycles. The molecule has 0 aliphatic heterocycles. The van der Waals surface area contributed by atoms with Gasteiger partial charge in [-0.3, -0.25) is 0 Å². The molecule has 0 atom stereocenters. The molecule has 2 aromatic heterocycles. The molecule has 4 aromatic rings. The minimum atomic E-state index is -0.312. The van der Waals surface area contributed by atoms with E-state index in [1.54, 1.807) is 30.3 Å². The monoisotopic (exact) mass is 551 g/mol. The number of nitrogens with zero attached hydrogens (tertiary/aromatic N) is 3. The van der Waals surface area contributed by atoms with Gasteiger partial charge in [0.15, 0.2) is 5.82 Å². The molecule has 0 unspecified atom stereocenters. The number of rotatable bonds is 12. The molecule has 2 heterocycles. The van der Waals surface area contributed by atoms with E-state index in [1.165, 1.54) is 29.8 Å². The molecule has 0 amide bonds. The summed E-state index contributed by atoms with van der Waals surface area (Å²) in [6.45, 7) is 7.16. The van der Waals surface area contributed by atoms with Gasteiger partial charge in [0, 0.05) is 18.8 Å². The fourth-order valence-corrected chi connectivity index (χ4v) is 4.71. The minimum Gasteiger partial charge on any atom is -0.487 e. The van der Waals surface area contributed by atoms with Gasteiger partial charge in [-0.05, 0) is 54.0 Å². The van der Waals surface area contributed by atoms with Gasteiger partial charge in [0.1, 0.15) is 39.9 Å². The first kappa shape index (κ1) is 27.4. The Labute approximate surface area is 229 Å². The number of hydrogen-bond donors (Lipinski definition) is 3. The van der Waals surface area contributed by atoms with E-state index in [2.05, 4.69) is 27.2 Å². The normalized spacial score (nSPS) is 12.1. The molecule has 0 fully saturated rings. The van der Waals surface area contributed by atoms with Crippen molar-refractivity contribution in [2.75, 3.05) is 25.0 Å². The summed E-state index contributed by atoms with van der Waals surface area (Å²) in [5.41, 5.74) is 4.06. The minimum absolute atomic E-state index is 0.0757. The highest BCUT2D eigenvalue weighted by molar-refractivity contribution is 7.19. The maximum atomic E-state index is 13.4. The van der Waals surface area contributed by atoms with Crippen molar-refractivity contribution in [1.82, 2.24) is 20.3 Å². The van der Waals surface area contributed by atoms with Crippen LogP contribution in [0.1, 0.15) is 17.5 Å². The van der Waals surface area contributed by atoms with Gasteiger partial charge in [-0.2, -0.15) is 0 Å². The first-order valence-corrected chi connectivity index (χ1v) is 13.0. The number of allylic oxidation sites excluding steroid dienone is 3. The van der Waals surface area contributed by atoms with Gasteiger partial charge in [0.05, 0.1) is 11.6 Å². The van der Waals surface area contributed by atoms with Crippen LogP contribution in [0.3, 0.4) is 0 Å². The number of thiazole rings is 1. The zero-order valence-electron chi connectivity index (χ0n) is 20.7. The van der Waals surface area contributed by atoms with Crippen LogP contribution >= 0.6 is 22.9 Å². The van der Waals surface area contributed by atoms with Crippen LogP contribution in [0.2, 0.25) is 5.02 Å². The molecule has 0 bridgehead atoms. The van der Waals surface area contributed by atoms with Gasteiger partial charge in [0.2, 0.25) is 0 Å². The Morgan fingerprint density at radius 1 is 1.24 bits per heavy atom. The number of aliphatic hydroxyl groups is 1. The third-order valence-corrected chi connectivity index (χ3v) is 6.76. The zero-order chi connectivity index (χ0) is 26.9. The number of hydrogen-bond acceptors (Lipinski definition) is 8. The summed E-state index contributed by atoms with van der Waals surface area (Å²) in [4.78, 5) is 14.3. The first-order valence-electron chi connectivity index (χ1n) is 11.8. The number of anilines is 2. The SMILES string of the molecule is C=C/C=C(\C=C(/C)c1nc2c(Nc3ccc(OCc4cccc(F)c4)c(Cl)c3)ncnc2s1)CNCCO. The van der Waals surface area contributed by atoms with Gasteiger partial charge in [0.25, 0.3) is 0 Å². The largest absolute Gasteiger partial charge is 0.487 e. The van der Waals surface area contributed by atoms with Crippen LogP contribution in [0.5, 0.6) is 5.75 Å². The van der Waals surface area contributed by atoms with Crippen molar-refractivity contribution < 1.29 is 14.2 Å². The van der Waals surface area contributed by atoms with Crippen molar-refractivity contribution in [1.29, 1.82) is 0 Å². The second kappa shape index (κ2) is 13.3. The third kappa shape index (κ3) is 7.23. The Balaban J connectivity index is 1.50. The van der Waals surface area contributed by atoms with Crippen molar-refractivity contribution >= 4 is 50.4 Å². The molecule has 0 aliphatic carbocycles. The standard InChI is InChI=1S/C28H27ClFN5O2S/c1-3-5-19(15-31-10-11-36)12-18(2)27-35-25-26(32-17-33-28(25)38-27)34-22-8-9-24(23(29)14-22)37-16-20-6-4-7-21(30)13-20/h3-9,12-14,17,31,36H,1,10-11,15-16H2,2H3,(H,32,33,34)/b18-12+,19-5+. The number of aliphatic hydroxyl groups excluding tert-OH is 1. The van der Waals surface area contributed by atoms with E-state index in [9.17, 15) is 4.39 Å². The van der Waals surface area contributed by atoms with Crippen molar-refractivity contribution in [3.05, 3.63) is 101 Å². The van der Waals surface area contributed by atoms with E-state index in [0.717, 1.165) is 21.0 Å². The number of halogens is 2. The summed E-state index contributed by atoms with van der Waals surface area (Å²) in [6.07, 6.45) is 7.18. The summed E-state index contributed by atoms with van der Waals surface area (Å²) in [6, 6.07) is 11.6. The molecule has 7 nitrogen and oxygen atoms in total. The van der Waals surface area contributed by atoms with Crippen LogP contribution in [0.4, 0.5) is 15.9 Å². The molecular formula is C28H27ClFN5O2S. The lowest BCUT2D eigenvalue weighted by molar-refractivity contribution is 0.294. The van der Waals surface area contributed by atoms with E-state index in [4.69, 9.17) is 26.4 Å². The molecule has 0 saturated heterocycles. The van der Waals surface area contributed by atoms with E-state index < -0.39 is 0 Å². The molecule has 196 valence electrons. The van der Waals surface area contributed by atoms with Gasteiger partial charge in [-0.25, -0.2) is 19.3 Å². The fourth-order valence-electron chi connectivity index (χ4n) is 3.60. The number of benzene rings is 2. The topological polar surface area (TPSA) is 92.2 Å². The van der Waals surface area contributed by atoms with E-state index in [-0.39, 0.29) is 19.0 Å². The number of aromatic nitrogens is 3. The lowest BCUT2D eigenvalue weighted by atomic mass is 10.1. The number of nitrogens with one attached hydrogen (secondary N) is 2. The quantitative estimate of drug-likeness (QED) is 0.140. The summed E-state index contributed by atoms with van der Waals surface area (Å²) in [5.74, 6) is 0.733. The second-order valence-corrected chi connectivity index (χ2v) is 9.67. The summed E-state index contributed by atoms with van der Waals surface area (Å²) in [5, 5.41) is 16.7. The number of fused-ring (bicyclic) bond motifs is 1. The van der Waals surface area contributed by atoms with Crippen LogP contribution in [0.15, 0.2) is 79.2 Å². The smallest absolute Gasteiger partial charge is 0.161 e. The van der Waals surface area contributed by atoms with Gasteiger partial charge in [-0.15, -0.1) is 0 Å². The maximum Gasteiger partial charge on any atom is 0.161 e. The molecule has 3 N–H and O–H groups in total. The average molecular weight is 552 g/mol. The molecule has 0 spiro atoms. The van der Waals surface area contributed by atoms with Crippen LogP contribution in [0, 0.1) is 5.82 Å². The molecular weight excluding hydrogens is 525 g/mol. The zero-order valence-corrected chi connectivity index (χ0v) is 22.3. The van der Waals surface area contributed by atoms with Crippen molar-refractivity contribution in [2.45, 2.75) is 13.5 Å². The highest BCUT2D eigenvalue weighted by Crippen LogP contribution is 2.33. The molecule has 0 aliphatic rings. The van der Waals surface area contributed by atoms with Crippen molar-refractivity contribution in [3.8, 4) is 5.75 Å². The van der Waals surface area contributed by atoms with Gasteiger partial charge < -0.3 is 20.5 Å². The first-order chi connectivity index (χ1) is 18.5. The Bertz CT molecular complexity index is 1490. The summed E-state index contributed by atoms with van der Waals surface area (Å²) >= 11 is 7.93. The summed E-state index contributed by atoms with van der Waals surface area (Å²) < 4.78 is 19.2. The van der Waals surface area contributed by atoms with E-state index in [0.29, 0.717) is 46.4 Å². The fraction of sp³-hybridized carbons (Fsp3) is 0.179. The van der Waals surface area contributed by atoms with Gasteiger partial charge in [-0.1, -0.05) is 59.9 Å². The van der Waals surface area contributed by atoms with Crippen LogP contribution in [0.25, 0.3) is 15.9 Å². The molecule has 2 aromatic carbocycles. The molecule has 4 rings (SSSR count). The lowest BCUT2D eigenvalue weighted by Gasteiger charge is -2.11. The van der Waals surface area contributed by atoms with Crippen molar-refractivity contribution in [3.63, 3.8) is 0 Å². The Hall–Kier alpha value is -3.63. The Morgan fingerprint density at radius 3 is 2.87 bits per heavy atom. The average Bonchev–Trinajstić information content (AvgIpc) is 3.34. The van der Waals surface area contributed by atoms with Gasteiger partial charge >= 0.3 is 0 Å². The predicted molar refractivity (Wildman–Crippen MR) is 153 cm³/mol. The van der Waals surface area contributed by atoms with Crippen LogP contribution in [-0.4, -0.2) is 39.8 Å². The third-order valence-electron chi connectivity index (χ3n) is 5.36. The maximum absolute atomic E-state index is 13.4. The Kier molecular flexibility index (Phi) is 9.56. The van der Waals surface area contributed by atoms with E-state index in [1.807, 2.05) is 25.1 Å². The lowest BCUT2D eigenvalue weighted by Crippen LogP contribution is -2.20. The van der Waals surface area contributed by atoms with Crippen LogP contribution in [-0.2, 0) is 6.61 Å². The summed E-state index contributed by atoms with van der Waals surface area (Å²) in [7, 11) is 0. The van der Waals surface area contributed by atoms with E-state index >= 15 is 0 Å². The highest BCUT2D eigenvalue weighted by atomic mass is 35.5. The Morgan fingerprint density at radius 2 is 2.11 bits per heavy atom. The highest BCUT2D eigenvalue weighted by Gasteiger charge is 2.13. The second-order valence-electron chi connectivity index (χ2n) is 8.29. The molecule has 0 radical (unpaired) electrons. The predicted octanol–water partition coefficient (Wildman–Crippen LogP) is 6.30.